The summed E-state index contributed by atoms with van der Waals surface area (Å²) in [5, 5.41) is 2.85. The van der Waals surface area contributed by atoms with E-state index in [1.807, 2.05) is 54.6 Å². The lowest BCUT2D eigenvalue weighted by atomic mass is 10.1. The van der Waals surface area contributed by atoms with E-state index in [0.717, 1.165) is 29.8 Å². The van der Waals surface area contributed by atoms with Crippen LogP contribution in [-0.2, 0) is 16.1 Å². The Morgan fingerprint density at radius 2 is 1.80 bits per heavy atom. The van der Waals surface area contributed by atoms with E-state index in [1.165, 1.54) is 0 Å². The van der Waals surface area contributed by atoms with Crippen LogP contribution in [0, 0.1) is 0 Å². The Kier molecular flexibility index (Phi) is 6.56. The smallest absolute Gasteiger partial charge is 0.241 e. The molecule has 5 nitrogen and oxygen atoms in total. The summed E-state index contributed by atoms with van der Waals surface area (Å²) in [4.78, 5) is 25.7. The Morgan fingerprint density at radius 3 is 2.40 bits per heavy atom. The summed E-state index contributed by atoms with van der Waals surface area (Å²) in [7, 11) is 0. The highest BCUT2D eigenvalue weighted by Gasteiger charge is 2.21. The van der Waals surface area contributed by atoms with Crippen LogP contribution in [0.1, 0.15) is 30.0 Å². The lowest BCUT2D eigenvalue weighted by molar-refractivity contribution is -0.122. The van der Waals surface area contributed by atoms with Gasteiger partial charge in [-0.05, 0) is 29.7 Å². The van der Waals surface area contributed by atoms with E-state index >= 15 is 0 Å². The van der Waals surface area contributed by atoms with Crippen molar-refractivity contribution in [2.75, 3.05) is 11.4 Å². The number of hydrogen-bond donors (Lipinski definition) is 2. The second kappa shape index (κ2) is 8.65. The van der Waals surface area contributed by atoms with Gasteiger partial charge in [-0.2, -0.15) is 0 Å². The Hall–Kier alpha value is -2.37. The van der Waals surface area contributed by atoms with E-state index < -0.39 is 6.04 Å². The fraction of sp³-hybridized carbons (Fsp3) is 0.263. The van der Waals surface area contributed by atoms with E-state index in [9.17, 15) is 9.59 Å². The molecule has 6 heteroatoms. The molecule has 0 radical (unpaired) electrons. The topological polar surface area (TPSA) is 75.4 Å². The standard InChI is InChI=1S/C19H21N3O2.ClH/c20-18(15-5-2-1-3-6-15)19(24)21-13-14-8-10-16(11-9-14)22-12-4-7-17(22)23;/h1-3,5-6,8-11,18H,4,7,12-13,20H2,(H,21,24);1H. The van der Waals surface area contributed by atoms with E-state index in [1.54, 1.807) is 4.90 Å². The van der Waals surface area contributed by atoms with Gasteiger partial charge in [0, 0.05) is 25.2 Å². The van der Waals surface area contributed by atoms with Gasteiger partial charge in [0.05, 0.1) is 0 Å². The number of carbonyl (C=O) groups excluding carboxylic acids is 2. The van der Waals surface area contributed by atoms with Crippen LogP contribution in [0.15, 0.2) is 54.6 Å². The van der Waals surface area contributed by atoms with Crippen LogP contribution in [0.25, 0.3) is 0 Å². The van der Waals surface area contributed by atoms with Gasteiger partial charge in [-0.3, -0.25) is 9.59 Å². The van der Waals surface area contributed by atoms with Crippen LogP contribution < -0.4 is 16.0 Å². The quantitative estimate of drug-likeness (QED) is 0.861. The highest BCUT2D eigenvalue weighted by Crippen LogP contribution is 2.21. The lowest BCUT2D eigenvalue weighted by Gasteiger charge is -2.16. The molecule has 0 saturated carbocycles. The maximum absolute atomic E-state index is 12.1. The van der Waals surface area contributed by atoms with Crippen LogP contribution in [0.3, 0.4) is 0 Å². The van der Waals surface area contributed by atoms with Gasteiger partial charge in [-0.15, -0.1) is 12.4 Å². The Labute approximate surface area is 153 Å². The summed E-state index contributed by atoms with van der Waals surface area (Å²) in [5.74, 6) is -0.0371. The van der Waals surface area contributed by atoms with Gasteiger partial charge in [0.25, 0.3) is 0 Å². The first kappa shape index (κ1) is 19.0. The third kappa shape index (κ3) is 4.59. The molecule has 0 aliphatic carbocycles. The van der Waals surface area contributed by atoms with Gasteiger partial charge in [0.15, 0.2) is 0 Å². The predicted octanol–water partition coefficient (Wildman–Crippen LogP) is 2.55. The third-order valence-electron chi connectivity index (χ3n) is 4.23. The van der Waals surface area contributed by atoms with Crippen LogP contribution >= 0.6 is 12.4 Å². The molecular formula is C19H22ClN3O2. The largest absolute Gasteiger partial charge is 0.350 e. The van der Waals surface area contributed by atoms with Crippen molar-refractivity contribution < 1.29 is 9.59 Å². The average molecular weight is 360 g/mol. The summed E-state index contributed by atoms with van der Waals surface area (Å²) in [6.45, 7) is 1.19. The molecular weight excluding hydrogens is 338 g/mol. The zero-order valence-electron chi connectivity index (χ0n) is 13.9. The maximum Gasteiger partial charge on any atom is 0.241 e. The van der Waals surface area contributed by atoms with Crippen molar-refractivity contribution >= 4 is 29.9 Å². The Morgan fingerprint density at radius 1 is 1.12 bits per heavy atom. The first-order valence-corrected chi connectivity index (χ1v) is 8.13. The highest BCUT2D eigenvalue weighted by atomic mass is 35.5. The highest BCUT2D eigenvalue weighted by molar-refractivity contribution is 5.95. The molecule has 2 aromatic carbocycles. The first-order valence-electron chi connectivity index (χ1n) is 8.13. The number of nitrogens with two attached hydrogens (primary N) is 1. The van der Waals surface area contributed by atoms with Gasteiger partial charge < -0.3 is 16.0 Å². The van der Waals surface area contributed by atoms with Gasteiger partial charge in [-0.25, -0.2) is 0 Å². The molecule has 1 atom stereocenters. The van der Waals surface area contributed by atoms with Crippen LogP contribution in [0.4, 0.5) is 5.69 Å². The number of halogens is 1. The van der Waals surface area contributed by atoms with Crippen molar-refractivity contribution in [3.05, 3.63) is 65.7 Å². The molecule has 0 aromatic heterocycles. The van der Waals surface area contributed by atoms with Crippen molar-refractivity contribution in [2.24, 2.45) is 5.73 Å². The maximum atomic E-state index is 12.1. The van der Waals surface area contributed by atoms with E-state index in [-0.39, 0.29) is 24.2 Å². The van der Waals surface area contributed by atoms with E-state index in [2.05, 4.69) is 5.32 Å². The van der Waals surface area contributed by atoms with Crippen LogP contribution in [0.5, 0.6) is 0 Å². The first-order chi connectivity index (χ1) is 11.6. The molecule has 1 saturated heterocycles. The van der Waals surface area contributed by atoms with Crippen molar-refractivity contribution in [1.29, 1.82) is 0 Å². The number of rotatable bonds is 5. The van der Waals surface area contributed by atoms with Gasteiger partial charge in [-0.1, -0.05) is 42.5 Å². The molecule has 2 aromatic rings. The molecule has 1 heterocycles. The van der Waals surface area contributed by atoms with Crippen molar-refractivity contribution in [3.63, 3.8) is 0 Å². The SMILES string of the molecule is Cl.NC(C(=O)NCc1ccc(N2CCCC2=O)cc1)c1ccccc1. The number of nitrogens with one attached hydrogen (secondary N) is 1. The fourth-order valence-corrected chi connectivity index (χ4v) is 2.83. The minimum absolute atomic E-state index is 0. The summed E-state index contributed by atoms with van der Waals surface area (Å²) in [5.41, 5.74) is 8.64. The molecule has 25 heavy (non-hydrogen) atoms. The molecule has 3 N–H and O–H groups in total. The number of hydrogen-bond acceptors (Lipinski definition) is 3. The Balaban J connectivity index is 0.00000225. The second-order valence-electron chi connectivity index (χ2n) is 5.92. The molecule has 3 rings (SSSR count). The molecule has 1 aliphatic heterocycles. The number of nitrogens with zero attached hydrogens (tertiary/aromatic N) is 1. The van der Waals surface area contributed by atoms with Crippen molar-refractivity contribution in [1.82, 2.24) is 5.32 Å². The van der Waals surface area contributed by atoms with Gasteiger partial charge in [0.1, 0.15) is 6.04 Å². The molecule has 132 valence electrons. The van der Waals surface area contributed by atoms with Crippen LogP contribution in [0.2, 0.25) is 0 Å². The minimum Gasteiger partial charge on any atom is -0.350 e. The lowest BCUT2D eigenvalue weighted by Crippen LogP contribution is -2.33. The monoisotopic (exact) mass is 359 g/mol. The number of carbonyl (C=O) groups is 2. The number of benzene rings is 2. The minimum atomic E-state index is -0.673. The second-order valence-corrected chi connectivity index (χ2v) is 5.92. The molecule has 0 bridgehead atoms. The zero-order chi connectivity index (χ0) is 16.9. The summed E-state index contributed by atoms with van der Waals surface area (Å²) >= 11 is 0. The third-order valence-corrected chi connectivity index (χ3v) is 4.23. The molecule has 1 aliphatic rings. The normalized spacial score (nSPS) is 14.8. The molecule has 1 unspecified atom stereocenters. The molecule has 1 fully saturated rings. The summed E-state index contributed by atoms with van der Waals surface area (Å²) in [6, 6.07) is 16.3. The van der Waals surface area contributed by atoms with E-state index in [0.29, 0.717) is 13.0 Å². The number of amides is 2. The van der Waals surface area contributed by atoms with Crippen LogP contribution in [-0.4, -0.2) is 18.4 Å². The van der Waals surface area contributed by atoms with Crippen molar-refractivity contribution in [3.8, 4) is 0 Å². The number of anilines is 1. The summed E-state index contributed by atoms with van der Waals surface area (Å²) < 4.78 is 0. The molecule has 0 spiro atoms. The molecule has 2 amide bonds. The van der Waals surface area contributed by atoms with E-state index in [4.69, 9.17) is 5.73 Å². The predicted molar refractivity (Wildman–Crippen MR) is 100 cm³/mol. The summed E-state index contributed by atoms with van der Waals surface area (Å²) in [6.07, 6.45) is 1.53. The van der Waals surface area contributed by atoms with Crippen molar-refractivity contribution in [2.45, 2.75) is 25.4 Å². The van der Waals surface area contributed by atoms with Gasteiger partial charge >= 0.3 is 0 Å². The average Bonchev–Trinajstić information content (AvgIpc) is 3.06. The fourth-order valence-electron chi connectivity index (χ4n) is 2.83. The van der Waals surface area contributed by atoms with Gasteiger partial charge in [0.2, 0.25) is 11.8 Å². The zero-order valence-corrected chi connectivity index (χ0v) is 14.7. The Bertz CT molecular complexity index is 719.